The first-order valence-corrected chi connectivity index (χ1v) is 17.0. The minimum Gasteiger partial charge on any atom is -0.753 e. The predicted molar refractivity (Wildman–Crippen MR) is 97.8 cm³/mol. The molecule has 0 aromatic carbocycles. The van der Waals surface area contributed by atoms with Crippen molar-refractivity contribution in [1.82, 2.24) is 0 Å². The van der Waals surface area contributed by atoms with Gasteiger partial charge in [0.05, 0.1) is 0 Å². The molecule has 0 saturated carbocycles. The van der Waals surface area contributed by atoms with Crippen molar-refractivity contribution >= 4 is 122 Å². The first-order chi connectivity index (χ1) is 5.66. The Labute approximate surface area is 141 Å². The van der Waals surface area contributed by atoms with Gasteiger partial charge >= 0.3 is 21.1 Å². The van der Waals surface area contributed by atoms with Gasteiger partial charge in [0.2, 0.25) is 0 Å². The Morgan fingerprint density at radius 2 is 0.538 bits per heavy atom. The second-order valence-electron chi connectivity index (χ2n) is 0.385. The summed E-state index contributed by atoms with van der Waals surface area (Å²) in [4.78, 5) is 0. The van der Waals surface area contributed by atoms with E-state index in [-0.39, 0.29) is 47.3 Å². The predicted octanol–water partition coefficient (Wildman–Crippen LogP) is 1.28. The van der Waals surface area contributed by atoms with Crippen LogP contribution in [-0.2, 0) is 117 Å². The van der Waals surface area contributed by atoms with Crippen LogP contribution in [0, 0.1) is 0 Å². The van der Waals surface area contributed by atoms with Crippen LogP contribution in [0.4, 0.5) is 0 Å². The van der Waals surface area contributed by atoms with Gasteiger partial charge in [0.15, 0.2) is 0 Å². The van der Waals surface area contributed by atoms with E-state index in [0.29, 0.717) is 0 Å². The van der Waals surface area contributed by atoms with Gasteiger partial charge in [-0.15, -0.1) is 47.2 Å². The van der Waals surface area contributed by atoms with Crippen molar-refractivity contribution < 1.29 is 21.1 Å². The first kappa shape index (κ1) is 30.6. The summed E-state index contributed by atoms with van der Waals surface area (Å²) < 4.78 is 0. The standard InChI is InChI=1S/Mo.4H3PS2/c;4*2-1-3/h;4*1H2,(H,2,3)/q+4;;;;/p-4. The quantitative estimate of drug-likeness (QED) is 0.283. The molecule has 0 radical (unpaired) electrons. The minimum absolute atomic E-state index is 0. The Kier molecular flexibility index (Phi) is 128. The SMILES string of the molecule is S=[PH2][S-].S=[PH2][S-].S=[PH2][S-].S=[PH2][S-].[Mo+4]. The second kappa shape index (κ2) is 54.4. The van der Waals surface area contributed by atoms with Crippen LogP contribution in [0.1, 0.15) is 0 Å². The van der Waals surface area contributed by atoms with E-state index < -0.39 is 0 Å². The van der Waals surface area contributed by atoms with Crippen molar-refractivity contribution in [2.75, 3.05) is 0 Å². The Morgan fingerprint density at radius 1 is 0.538 bits per heavy atom. The van der Waals surface area contributed by atoms with Gasteiger partial charge in [-0.25, -0.2) is 0 Å². The Balaban J connectivity index is -0.0000000213. The average Bonchev–Trinajstić information content (AvgIpc) is 1.92. The van der Waals surface area contributed by atoms with Crippen LogP contribution in [-0.4, -0.2) is 0 Å². The molecule has 0 N–H and O–H groups in total. The third-order valence-corrected chi connectivity index (χ3v) is 0. The molecule has 0 heterocycles. The molecule has 4 atom stereocenters. The molecular formula is H8MoP4S8. The van der Waals surface area contributed by atoms with E-state index in [4.69, 9.17) is 0 Å². The third kappa shape index (κ3) is 164. The van der Waals surface area contributed by atoms with Gasteiger partial charge in [-0.2, -0.15) is 26.2 Å². The second-order valence-corrected chi connectivity index (χ2v) is 10.4. The topological polar surface area (TPSA) is 0 Å². The summed E-state index contributed by atoms with van der Waals surface area (Å²) in [5.74, 6) is 0. The van der Waals surface area contributed by atoms with Crippen molar-refractivity contribution in [1.29, 1.82) is 0 Å². The van der Waals surface area contributed by atoms with Crippen molar-refractivity contribution in [2.24, 2.45) is 0 Å². The molecule has 0 amide bonds. The Morgan fingerprint density at radius 3 is 0.538 bits per heavy atom. The van der Waals surface area contributed by atoms with Gasteiger partial charge in [-0.3, -0.25) is 0 Å². The fraction of sp³-hybridized carbons (Fsp3) is 0. The van der Waals surface area contributed by atoms with Crippen LogP contribution in [0.25, 0.3) is 0 Å². The zero-order chi connectivity index (χ0) is 10.8. The molecule has 0 nitrogen and oxygen atoms in total. The van der Waals surface area contributed by atoms with Gasteiger partial charge in [-0.1, -0.05) is 0 Å². The normalized spacial score (nSPS) is 8.92. The molecule has 0 fully saturated rings. The van der Waals surface area contributed by atoms with Crippen molar-refractivity contribution in [2.45, 2.75) is 0 Å². The number of hydrogen-bond acceptors (Lipinski definition) is 8. The molecule has 0 aromatic rings. The number of rotatable bonds is 0. The molecule has 0 saturated heterocycles. The van der Waals surface area contributed by atoms with E-state index in [1.54, 1.807) is 0 Å². The van der Waals surface area contributed by atoms with Crippen LogP contribution in [0.15, 0.2) is 0 Å². The molecular weight excluding hydrogens is 476 g/mol. The van der Waals surface area contributed by atoms with Gasteiger partial charge in [0.25, 0.3) is 0 Å². The van der Waals surface area contributed by atoms with Gasteiger partial charge < -0.3 is 49.0 Å². The molecule has 0 aliphatic carbocycles. The smallest absolute Gasteiger partial charge is 0.753 e. The maximum absolute atomic E-state index is 4.29. The van der Waals surface area contributed by atoms with Crippen LogP contribution in [0.2, 0.25) is 0 Å². The van der Waals surface area contributed by atoms with Crippen molar-refractivity contribution in [3.05, 3.63) is 0 Å². The summed E-state index contributed by atoms with van der Waals surface area (Å²) in [6, 6.07) is 0. The van der Waals surface area contributed by atoms with Crippen LogP contribution >= 0.6 is 26.2 Å². The van der Waals surface area contributed by atoms with Crippen LogP contribution in [0.3, 0.4) is 0 Å². The molecule has 0 bridgehead atoms. The fourth-order valence-corrected chi connectivity index (χ4v) is 0. The largest absolute Gasteiger partial charge is 4.00 e. The summed E-state index contributed by atoms with van der Waals surface area (Å²) >= 11 is 34.3. The van der Waals surface area contributed by atoms with E-state index in [1.807, 2.05) is 0 Å². The molecule has 4 unspecified atom stereocenters. The summed E-state index contributed by atoms with van der Waals surface area (Å²) in [6.07, 6.45) is 0. The molecule has 13 heavy (non-hydrogen) atoms. The molecule has 0 aromatic heterocycles. The van der Waals surface area contributed by atoms with E-state index in [1.165, 1.54) is 0 Å². The summed E-state index contributed by atoms with van der Waals surface area (Å²) in [6.45, 7) is -0.333. The average molecular weight is 484 g/mol. The van der Waals surface area contributed by atoms with Gasteiger partial charge in [-0.05, 0) is 0 Å². The van der Waals surface area contributed by atoms with E-state index in [9.17, 15) is 0 Å². The number of hydrogen-bond donors (Lipinski definition) is 0. The van der Waals surface area contributed by atoms with Gasteiger partial charge in [0, 0.05) is 0 Å². The third-order valence-electron chi connectivity index (χ3n) is 0. The van der Waals surface area contributed by atoms with E-state index >= 15 is 0 Å². The Hall–Kier alpha value is 4.69. The Bertz CT molecular complexity index is 70.1. The molecule has 0 aliphatic heterocycles. The molecule has 0 aliphatic rings. The molecule has 0 spiro atoms. The monoisotopic (exact) mass is 486 g/mol. The van der Waals surface area contributed by atoms with Crippen molar-refractivity contribution in [3.8, 4) is 0 Å². The van der Waals surface area contributed by atoms with Crippen LogP contribution in [0.5, 0.6) is 0 Å². The van der Waals surface area contributed by atoms with Crippen molar-refractivity contribution in [3.63, 3.8) is 0 Å². The zero-order valence-electron chi connectivity index (χ0n) is 5.98. The summed E-state index contributed by atoms with van der Waals surface area (Å²) in [7, 11) is 0. The zero-order valence-corrected chi connectivity index (χ0v) is 19.1. The first-order valence-electron chi connectivity index (χ1n) is 1.89. The van der Waals surface area contributed by atoms with Crippen LogP contribution < -0.4 is 0 Å². The summed E-state index contributed by atoms with van der Waals surface area (Å²) in [5.41, 5.74) is 0. The van der Waals surface area contributed by atoms with Gasteiger partial charge in [0.1, 0.15) is 0 Å². The fourth-order valence-electron chi connectivity index (χ4n) is 0. The summed E-state index contributed by atoms with van der Waals surface area (Å²) in [5, 5.41) is 0. The van der Waals surface area contributed by atoms with E-state index in [2.05, 4.69) is 96.2 Å². The maximum atomic E-state index is 4.29. The minimum atomic E-state index is -0.0833. The molecule has 0 rings (SSSR count). The van der Waals surface area contributed by atoms with E-state index in [0.717, 1.165) is 0 Å². The molecule has 13 heteroatoms. The molecule has 82 valence electrons. The maximum Gasteiger partial charge on any atom is 4.00 e.